The summed E-state index contributed by atoms with van der Waals surface area (Å²) < 4.78 is 44.7. The van der Waals surface area contributed by atoms with Crippen LogP contribution in [0.2, 0.25) is 0 Å². The first kappa shape index (κ1) is 26.8. The van der Waals surface area contributed by atoms with E-state index in [1.807, 2.05) is 24.3 Å². The van der Waals surface area contributed by atoms with Crippen molar-refractivity contribution in [1.82, 2.24) is 9.88 Å². The highest BCUT2D eigenvalue weighted by atomic mass is 19.4. The molecule has 206 valence electrons. The molecule has 0 spiro atoms. The highest BCUT2D eigenvalue weighted by Gasteiger charge is 2.31. The van der Waals surface area contributed by atoms with E-state index in [0.29, 0.717) is 37.4 Å². The van der Waals surface area contributed by atoms with Crippen molar-refractivity contribution in [3.05, 3.63) is 100 Å². The van der Waals surface area contributed by atoms with Crippen molar-refractivity contribution in [3.8, 4) is 28.3 Å². The normalized spacial score (nSPS) is 13.8. The summed E-state index contributed by atoms with van der Waals surface area (Å²) in [4.78, 5) is 31.9. The topological polar surface area (TPSA) is 91.7 Å². The van der Waals surface area contributed by atoms with Crippen LogP contribution >= 0.6 is 0 Å². The number of alkyl halides is 3. The van der Waals surface area contributed by atoms with Gasteiger partial charge in [-0.25, -0.2) is 0 Å². The number of benzene rings is 3. The van der Waals surface area contributed by atoms with Crippen LogP contribution in [0.5, 0.6) is 5.75 Å². The molecular formula is C29H25F3N4O4. The molecule has 4 aromatic rings. The fraction of sp³-hybridized carbons (Fsp3) is 0.207. The Labute approximate surface area is 227 Å². The third-order valence-corrected chi connectivity index (χ3v) is 6.93. The number of halogens is 3. The first-order valence-corrected chi connectivity index (χ1v) is 12.5. The Balaban J connectivity index is 1.48. The number of hydrogen-bond acceptors (Lipinski definition) is 5. The molecule has 2 heterocycles. The van der Waals surface area contributed by atoms with Gasteiger partial charge in [0.15, 0.2) is 0 Å². The average Bonchev–Trinajstić information content (AvgIpc) is 3.42. The molecule has 1 amide bonds. The van der Waals surface area contributed by atoms with Crippen LogP contribution in [-0.4, -0.2) is 54.0 Å². The van der Waals surface area contributed by atoms with E-state index in [9.17, 15) is 28.1 Å². The quantitative estimate of drug-likeness (QED) is 0.227. The van der Waals surface area contributed by atoms with Crippen LogP contribution in [0.1, 0.15) is 15.9 Å². The molecule has 1 saturated heterocycles. The van der Waals surface area contributed by atoms with Crippen molar-refractivity contribution in [1.29, 1.82) is 0 Å². The second kappa shape index (κ2) is 10.8. The van der Waals surface area contributed by atoms with E-state index in [-0.39, 0.29) is 28.4 Å². The van der Waals surface area contributed by atoms with Crippen molar-refractivity contribution in [2.24, 2.45) is 0 Å². The van der Waals surface area contributed by atoms with Gasteiger partial charge in [0.05, 0.1) is 40.1 Å². The Morgan fingerprint density at radius 3 is 2.25 bits per heavy atom. The SMILES string of the molecule is COc1ccccc1N1CCN(C(=O)c2cc(-c3ccc(C(F)(F)F)cc3)[nH]c2-c2ccccc2[N+](=O)[O-])CC1. The monoisotopic (exact) mass is 550 g/mol. The first-order chi connectivity index (χ1) is 19.2. The molecule has 0 unspecified atom stereocenters. The van der Waals surface area contributed by atoms with Crippen molar-refractivity contribution in [3.63, 3.8) is 0 Å². The lowest BCUT2D eigenvalue weighted by molar-refractivity contribution is -0.384. The van der Waals surface area contributed by atoms with E-state index in [4.69, 9.17) is 4.74 Å². The molecule has 1 fully saturated rings. The maximum absolute atomic E-state index is 13.8. The minimum Gasteiger partial charge on any atom is -0.495 e. The Bertz CT molecular complexity index is 1540. The summed E-state index contributed by atoms with van der Waals surface area (Å²) in [6.07, 6.45) is -4.49. The largest absolute Gasteiger partial charge is 0.495 e. The number of hydrogen-bond donors (Lipinski definition) is 1. The third kappa shape index (κ3) is 5.22. The van der Waals surface area contributed by atoms with E-state index < -0.39 is 16.7 Å². The van der Waals surface area contributed by atoms with Crippen molar-refractivity contribution in [2.75, 3.05) is 38.2 Å². The molecule has 11 heteroatoms. The van der Waals surface area contributed by atoms with Crippen LogP contribution in [0.3, 0.4) is 0 Å². The Morgan fingerprint density at radius 1 is 0.950 bits per heavy atom. The number of nitrogens with zero attached hydrogens (tertiary/aromatic N) is 3. The highest BCUT2D eigenvalue weighted by Crippen LogP contribution is 2.37. The van der Waals surface area contributed by atoms with Gasteiger partial charge >= 0.3 is 6.18 Å². The predicted octanol–water partition coefficient (Wildman–Crippen LogP) is 6.25. The molecule has 1 aromatic heterocycles. The number of carbonyl (C=O) groups is 1. The minimum atomic E-state index is -4.49. The van der Waals surface area contributed by atoms with Crippen LogP contribution in [0.4, 0.5) is 24.5 Å². The zero-order valence-electron chi connectivity index (χ0n) is 21.4. The number of H-pyrrole nitrogens is 1. The number of aromatic nitrogens is 1. The molecule has 1 N–H and O–H groups in total. The number of carbonyl (C=O) groups excluding carboxylic acids is 1. The van der Waals surface area contributed by atoms with Gasteiger partial charge in [-0.1, -0.05) is 36.4 Å². The van der Waals surface area contributed by atoms with Gasteiger partial charge in [-0.3, -0.25) is 14.9 Å². The average molecular weight is 551 g/mol. The lowest BCUT2D eigenvalue weighted by Crippen LogP contribution is -2.48. The smallest absolute Gasteiger partial charge is 0.416 e. The molecular weight excluding hydrogens is 525 g/mol. The number of aromatic amines is 1. The molecule has 0 aliphatic carbocycles. The number of anilines is 1. The van der Waals surface area contributed by atoms with Crippen molar-refractivity contribution >= 4 is 17.3 Å². The molecule has 5 rings (SSSR count). The molecule has 0 bridgehead atoms. The number of piperazine rings is 1. The fourth-order valence-electron chi connectivity index (χ4n) is 4.89. The number of nitro benzene ring substituents is 1. The van der Waals surface area contributed by atoms with Gasteiger partial charge in [0.2, 0.25) is 0 Å². The maximum atomic E-state index is 13.8. The van der Waals surface area contributed by atoms with E-state index in [1.165, 1.54) is 30.3 Å². The molecule has 1 aliphatic heterocycles. The van der Waals surface area contributed by atoms with Crippen LogP contribution in [0.15, 0.2) is 78.9 Å². The molecule has 1 aliphatic rings. The van der Waals surface area contributed by atoms with Gasteiger partial charge in [0.1, 0.15) is 5.75 Å². The Morgan fingerprint density at radius 2 is 1.60 bits per heavy atom. The van der Waals surface area contributed by atoms with Crippen LogP contribution in [-0.2, 0) is 6.18 Å². The number of nitrogens with one attached hydrogen (secondary N) is 1. The van der Waals surface area contributed by atoms with Crippen molar-refractivity contribution in [2.45, 2.75) is 6.18 Å². The Hall–Kier alpha value is -4.80. The molecule has 3 aromatic carbocycles. The Kier molecular flexibility index (Phi) is 7.20. The summed E-state index contributed by atoms with van der Waals surface area (Å²) in [6.45, 7) is 1.88. The van der Waals surface area contributed by atoms with E-state index in [2.05, 4.69) is 9.88 Å². The summed E-state index contributed by atoms with van der Waals surface area (Å²) in [6, 6.07) is 19.7. The maximum Gasteiger partial charge on any atom is 0.416 e. The van der Waals surface area contributed by atoms with E-state index in [1.54, 1.807) is 24.1 Å². The molecule has 8 nitrogen and oxygen atoms in total. The minimum absolute atomic E-state index is 0.196. The molecule has 0 radical (unpaired) electrons. The number of ether oxygens (including phenoxy) is 1. The predicted molar refractivity (Wildman–Crippen MR) is 144 cm³/mol. The molecule has 0 atom stereocenters. The van der Waals surface area contributed by atoms with Gasteiger partial charge < -0.3 is 19.5 Å². The second-order valence-electron chi connectivity index (χ2n) is 9.27. The fourth-order valence-corrected chi connectivity index (χ4v) is 4.89. The number of methoxy groups -OCH3 is 1. The van der Waals surface area contributed by atoms with Gasteiger partial charge in [0, 0.05) is 37.9 Å². The number of para-hydroxylation sites is 3. The van der Waals surface area contributed by atoms with Gasteiger partial charge in [-0.05, 0) is 42.0 Å². The van der Waals surface area contributed by atoms with Crippen LogP contribution < -0.4 is 9.64 Å². The number of nitro groups is 1. The van der Waals surface area contributed by atoms with E-state index in [0.717, 1.165) is 23.6 Å². The second-order valence-corrected chi connectivity index (χ2v) is 9.27. The lowest BCUT2D eigenvalue weighted by Gasteiger charge is -2.36. The zero-order chi connectivity index (χ0) is 28.4. The number of amides is 1. The molecule has 40 heavy (non-hydrogen) atoms. The highest BCUT2D eigenvalue weighted by molar-refractivity contribution is 6.02. The summed E-state index contributed by atoms with van der Waals surface area (Å²) in [5, 5.41) is 11.8. The standard InChI is InChI=1S/C29H25F3N4O4/c1-40-26-9-5-4-8-25(26)34-14-16-35(17-15-34)28(37)22-18-23(19-10-12-20(13-11-19)29(30,31)32)33-27(22)21-6-2-3-7-24(21)36(38)39/h2-13,18,33H,14-17H2,1H3. The van der Waals surface area contributed by atoms with Crippen LogP contribution in [0.25, 0.3) is 22.5 Å². The number of rotatable bonds is 6. The van der Waals surface area contributed by atoms with Gasteiger partial charge in [-0.2, -0.15) is 13.2 Å². The summed E-state index contributed by atoms with van der Waals surface area (Å²) in [7, 11) is 1.60. The first-order valence-electron chi connectivity index (χ1n) is 12.5. The van der Waals surface area contributed by atoms with Gasteiger partial charge in [0.25, 0.3) is 11.6 Å². The van der Waals surface area contributed by atoms with Gasteiger partial charge in [-0.15, -0.1) is 0 Å². The van der Waals surface area contributed by atoms with Crippen molar-refractivity contribution < 1.29 is 27.6 Å². The summed E-state index contributed by atoms with van der Waals surface area (Å²) in [5.74, 6) is 0.398. The lowest BCUT2D eigenvalue weighted by atomic mass is 10.0. The summed E-state index contributed by atoms with van der Waals surface area (Å²) in [5.41, 5.74) is 1.36. The third-order valence-electron chi connectivity index (χ3n) is 6.93. The summed E-state index contributed by atoms with van der Waals surface area (Å²) >= 11 is 0. The zero-order valence-corrected chi connectivity index (χ0v) is 21.4. The van der Waals surface area contributed by atoms with E-state index >= 15 is 0 Å². The molecule has 0 saturated carbocycles. The van der Waals surface area contributed by atoms with Crippen LogP contribution in [0, 0.1) is 10.1 Å².